The maximum atomic E-state index is 13.9. The summed E-state index contributed by atoms with van der Waals surface area (Å²) in [6.07, 6.45) is 0.947. The van der Waals surface area contributed by atoms with E-state index in [-0.39, 0.29) is 39.5 Å². The fraction of sp³-hybridized carbons (Fsp3) is 0.250. The van der Waals surface area contributed by atoms with Crippen molar-refractivity contribution in [2.75, 3.05) is 31.3 Å². The van der Waals surface area contributed by atoms with Crippen molar-refractivity contribution in [2.24, 2.45) is 5.73 Å². The molecule has 2 heterocycles. The van der Waals surface area contributed by atoms with Crippen molar-refractivity contribution in [1.29, 1.82) is 5.26 Å². The van der Waals surface area contributed by atoms with Crippen LogP contribution in [0.25, 0.3) is 0 Å². The zero-order chi connectivity index (χ0) is 26.4. The maximum absolute atomic E-state index is 13.9. The van der Waals surface area contributed by atoms with Crippen LogP contribution in [0.2, 0.25) is 0 Å². The van der Waals surface area contributed by atoms with Gasteiger partial charge in [0.2, 0.25) is 5.91 Å². The van der Waals surface area contributed by atoms with Crippen LogP contribution in [-0.4, -0.2) is 62.5 Å². The Morgan fingerprint density at radius 1 is 1.22 bits per heavy atom. The second-order valence-electron chi connectivity index (χ2n) is 8.58. The second-order valence-corrected chi connectivity index (χ2v) is 10.6. The lowest BCUT2D eigenvalue weighted by atomic mass is 9.92. The third kappa shape index (κ3) is 4.18. The fourth-order valence-corrected chi connectivity index (χ4v) is 5.48. The predicted molar refractivity (Wildman–Crippen MR) is 127 cm³/mol. The van der Waals surface area contributed by atoms with Crippen LogP contribution in [0.5, 0.6) is 0 Å². The topological polar surface area (TPSA) is 145 Å². The fourth-order valence-electron chi connectivity index (χ4n) is 4.53. The van der Waals surface area contributed by atoms with Crippen LogP contribution in [0.3, 0.4) is 0 Å². The summed E-state index contributed by atoms with van der Waals surface area (Å²) >= 11 is 0. The molecule has 186 valence electrons. The molecule has 1 unspecified atom stereocenters. The van der Waals surface area contributed by atoms with Crippen LogP contribution < -0.4 is 10.6 Å². The van der Waals surface area contributed by atoms with Crippen molar-refractivity contribution in [3.8, 4) is 6.07 Å². The SMILES string of the molecule is CN1CC2=C(C1=O)C(c1ccc(C#N)cc1S(C)(=O)=O)N(CC(N)=O)C(=O)N2c1cccc(CF)c1. The third-order valence-electron chi connectivity index (χ3n) is 6.05. The summed E-state index contributed by atoms with van der Waals surface area (Å²) in [5.74, 6) is -1.37. The Hall–Kier alpha value is -4.24. The lowest BCUT2D eigenvalue weighted by molar-refractivity contribution is -0.125. The number of nitrogens with two attached hydrogens (primary N) is 1. The number of urea groups is 1. The van der Waals surface area contributed by atoms with Gasteiger partial charge in [0, 0.05) is 13.3 Å². The van der Waals surface area contributed by atoms with E-state index in [4.69, 9.17) is 5.73 Å². The van der Waals surface area contributed by atoms with Crippen LogP contribution in [0.4, 0.5) is 14.9 Å². The van der Waals surface area contributed by atoms with Gasteiger partial charge in [-0.25, -0.2) is 17.6 Å². The zero-order valence-corrected chi connectivity index (χ0v) is 20.3. The van der Waals surface area contributed by atoms with Gasteiger partial charge in [0.1, 0.15) is 13.2 Å². The number of sulfone groups is 1. The first kappa shape index (κ1) is 24.9. The van der Waals surface area contributed by atoms with Gasteiger partial charge in [-0.05, 0) is 35.4 Å². The molecule has 36 heavy (non-hydrogen) atoms. The Balaban J connectivity index is 2.04. The lowest BCUT2D eigenvalue weighted by Crippen LogP contribution is -2.53. The first-order valence-electron chi connectivity index (χ1n) is 10.7. The number of benzene rings is 2. The third-order valence-corrected chi connectivity index (χ3v) is 7.21. The van der Waals surface area contributed by atoms with Gasteiger partial charge < -0.3 is 15.5 Å². The Labute approximate surface area is 206 Å². The Morgan fingerprint density at radius 2 is 1.94 bits per heavy atom. The number of carbonyl (C=O) groups excluding carboxylic acids is 3. The quantitative estimate of drug-likeness (QED) is 0.624. The monoisotopic (exact) mass is 511 g/mol. The lowest BCUT2D eigenvalue weighted by Gasteiger charge is -2.41. The molecule has 2 aromatic carbocycles. The largest absolute Gasteiger partial charge is 0.368 e. The van der Waals surface area contributed by atoms with Crippen molar-refractivity contribution in [3.63, 3.8) is 0 Å². The number of alkyl halides is 1. The molecule has 0 spiro atoms. The number of hydrogen-bond donors (Lipinski definition) is 1. The van der Waals surface area contributed by atoms with Gasteiger partial charge in [-0.2, -0.15) is 5.26 Å². The molecular weight excluding hydrogens is 489 g/mol. The van der Waals surface area contributed by atoms with Gasteiger partial charge >= 0.3 is 6.03 Å². The summed E-state index contributed by atoms with van der Waals surface area (Å²) in [7, 11) is -2.41. The molecule has 2 aromatic rings. The summed E-state index contributed by atoms with van der Waals surface area (Å²) in [6, 6.07) is 9.89. The number of halogens is 1. The van der Waals surface area contributed by atoms with Gasteiger partial charge in [0.15, 0.2) is 9.84 Å². The minimum Gasteiger partial charge on any atom is -0.368 e. The molecule has 0 bridgehead atoms. The Bertz CT molecular complexity index is 1480. The zero-order valence-electron chi connectivity index (χ0n) is 19.4. The number of carbonyl (C=O) groups is 3. The number of rotatable bonds is 6. The second kappa shape index (κ2) is 9.09. The van der Waals surface area contributed by atoms with E-state index in [1.54, 1.807) is 12.1 Å². The minimum atomic E-state index is -3.93. The van der Waals surface area contributed by atoms with Gasteiger partial charge in [-0.1, -0.05) is 18.2 Å². The van der Waals surface area contributed by atoms with Crippen molar-refractivity contribution in [1.82, 2.24) is 9.80 Å². The minimum absolute atomic E-state index is 0.0190. The molecule has 0 fully saturated rings. The highest BCUT2D eigenvalue weighted by Crippen LogP contribution is 2.44. The van der Waals surface area contributed by atoms with E-state index in [0.29, 0.717) is 5.56 Å². The van der Waals surface area contributed by atoms with Crippen molar-refractivity contribution < 1.29 is 27.2 Å². The van der Waals surface area contributed by atoms with E-state index < -0.39 is 46.9 Å². The molecule has 0 saturated heterocycles. The molecule has 10 nitrogen and oxygen atoms in total. The molecule has 0 aromatic heterocycles. The molecule has 4 amide bonds. The highest BCUT2D eigenvalue weighted by atomic mass is 32.2. The molecule has 2 aliphatic heterocycles. The van der Waals surface area contributed by atoms with Crippen LogP contribution in [-0.2, 0) is 26.1 Å². The van der Waals surface area contributed by atoms with Crippen molar-refractivity contribution in [2.45, 2.75) is 17.6 Å². The van der Waals surface area contributed by atoms with Crippen LogP contribution >= 0.6 is 0 Å². The number of primary amides is 1. The van der Waals surface area contributed by atoms with Gasteiger partial charge in [0.25, 0.3) is 5.91 Å². The number of hydrogen-bond acceptors (Lipinski definition) is 6. The molecule has 2 aliphatic rings. The number of anilines is 1. The smallest absolute Gasteiger partial charge is 0.330 e. The van der Waals surface area contributed by atoms with Crippen LogP contribution in [0.15, 0.2) is 58.6 Å². The van der Waals surface area contributed by atoms with Crippen molar-refractivity contribution in [3.05, 3.63) is 70.4 Å². The van der Waals surface area contributed by atoms with Crippen LogP contribution in [0, 0.1) is 11.3 Å². The van der Waals surface area contributed by atoms with Gasteiger partial charge in [-0.15, -0.1) is 0 Å². The van der Waals surface area contributed by atoms with E-state index >= 15 is 0 Å². The van der Waals surface area contributed by atoms with E-state index in [0.717, 1.165) is 17.2 Å². The number of nitrogens with zero attached hydrogens (tertiary/aromatic N) is 4. The predicted octanol–water partition coefficient (Wildman–Crippen LogP) is 1.63. The number of nitriles is 1. The van der Waals surface area contributed by atoms with E-state index in [1.165, 1.54) is 41.1 Å². The first-order chi connectivity index (χ1) is 17.0. The molecule has 12 heteroatoms. The Morgan fingerprint density at radius 3 is 2.56 bits per heavy atom. The summed E-state index contributed by atoms with van der Waals surface area (Å²) < 4.78 is 38.8. The summed E-state index contributed by atoms with van der Waals surface area (Å²) in [5, 5.41) is 9.30. The maximum Gasteiger partial charge on any atom is 0.330 e. The first-order valence-corrected chi connectivity index (χ1v) is 12.6. The Kier molecular flexibility index (Phi) is 6.28. The van der Waals surface area contributed by atoms with E-state index in [9.17, 15) is 32.5 Å². The highest BCUT2D eigenvalue weighted by Gasteiger charge is 2.49. The normalized spacial score (nSPS) is 17.9. The molecule has 0 radical (unpaired) electrons. The molecule has 0 saturated carbocycles. The van der Waals surface area contributed by atoms with E-state index in [1.807, 2.05) is 6.07 Å². The molecule has 0 aliphatic carbocycles. The van der Waals surface area contributed by atoms with Crippen LogP contribution in [0.1, 0.15) is 22.7 Å². The average Bonchev–Trinajstić information content (AvgIpc) is 3.12. The summed E-state index contributed by atoms with van der Waals surface area (Å²) in [5.41, 5.74) is 6.51. The highest BCUT2D eigenvalue weighted by molar-refractivity contribution is 7.90. The molecule has 2 N–H and O–H groups in total. The molecule has 4 rings (SSSR count). The standard InChI is InChI=1S/C24H22FN5O5S/c1-28-12-18-21(23(28)32)22(17-7-6-15(11-26)9-19(17)36(2,34)35)29(13-20(27)31)24(33)30(18)16-5-3-4-14(8-16)10-25/h3-9,22H,10,12-13H2,1-2H3,(H2,27,31). The van der Waals surface area contributed by atoms with Gasteiger partial charge in [0.05, 0.1) is 46.1 Å². The number of likely N-dealkylation sites (N-methyl/N-ethyl adjacent to an activating group) is 1. The molecular formula is C24H22FN5O5S. The van der Waals surface area contributed by atoms with E-state index in [2.05, 4.69) is 0 Å². The summed E-state index contributed by atoms with van der Waals surface area (Å²) in [4.78, 5) is 42.6. The summed E-state index contributed by atoms with van der Waals surface area (Å²) in [6.45, 7) is -1.39. The number of amides is 4. The van der Waals surface area contributed by atoms with Gasteiger partial charge in [-0.3, -0.25) is 14.5 Å². The molecule has 1 atom stereocenters. The van der Waals surface area contributed by atoms with Crippen molar-refractivity contribution >= 4 is 33.4 Å². The average molecular weight is 512 g/mol.